The minimum Gasteiger partial charge on any atom is -0.489 e. The van der Waals surface area contributed by atoms with Crippen molar-refractivity contribution in [1.82, 2.24) is 5.16 Å². The lowest BCUT2D eigenvalue weighted by molar-refractivity contribution is 0.300. The molecule has 0 aliphatic heterocycles. The molecule has 188 valence electrons. The van der Waals surface area contributed by atoms with Gasteiger partial charge in [0.05, 0.1) is 20.6 Å². The smallest absolute Gasteiger partial charge is 0.259 e. The maximum Gasteiger partial charge on any atom is 0.259 e. The lowest BCUT2D eigenvalue weighted by Gasteiger charge is -2.10. The molecule has 1 aliphatic carbocycles. The molecule has 1 heterocycles. The molecule has 1 atom stereocenters. The topological polar surface area (TPSA) is 84.6 Å². The van der Waals surface area contributed by atoms with Gasteiger partial charge >= 0.3 is 0 Å². The molecule has 2 N–H and O–H groups in total. The molecule has 1 saturated carbocycles. The van der Waals surface area contributed by atoms with E-state index in [-0.39, 0.29) is 6.61 Å². The van der Waals surface area contributed by atoms with Gasteiger partial charge in [-0.15, -0.1) is 0 Å². The third-order valence-corrected chi connectivity index (χ3v) is 7.05. The van der Waals surface area contributed by atoms with Crippen LogP contribution in [0.15, 0.2) is 65.2 Å². The highest BCUT2D eigenvalue weighted by Crippen LogP contribution is 2.46. The molecule has 0 saturated heterocycles. The van der Waals surface area contributed by atoms with Crippen molar-refractivity contribution in [2.45, 2.75) is 25.4 Å². The number of nitrogens with one attached hydrogen (secondary N) is 1. The van der Waals surface area contributed by atoms with Gasteiger partial charge in [0.1, 0.15) is 23.8 Å². The summed E-state index contributed by atoms with van der Waals surface area (Å²) >= 11 is 17.2. The highest BCUT2D eigenvalue weighted by molar-refractivity contribution is 7.80. The number of aromatic nitrogens is 1. The molecule has 1 fully saturated rings. The average molecular weight is 574 g/mol. The Hall–Kier alpha value is -2.99. The van der Waals surface area contributed by atoms with Crippen molar-refractivity contribution >= 4 is 51.8 Å². The Morgan fingerprint density at radius 3 is 2.49 bits per heavy atom. The van der Waals surface area contributed by atoms with Crippen LogP contribution >= 0.6 is 34.8 Å². The van der Waals surface area contributed by atoms with Crippen LogP contribution in [-0.4, -0.2) is 13.9 Å². The molecule has 1 aromatic heterocycles. The zero-order valence-corrected chi connectivity index (χ0v) is 22.2. The largest absolute Gasteiger partial charge is 0.489 e. The second kappa shape index (κ2) is 11.2. The van der Waals surface area contributed by atoms with E-state index in [0.717, 1.165) is 24.2 Å². The SMILES string of the molecule is O=S(O)Nc1cccc(C#Cc2ccc(OCc3c(-c4c(Cl)cccc4Cl)noc3C3CC3)cc2Cl)c1. The maximum atomic E-state index is 11.0. The van der Waals surface area contributed by atoms with Crippen LogP contribution < -0.4 is 9.46 Å². The van der Waals surface area contributed by atoms with Crippen molar-refractivity contribution in [3.8, 4) is 28.8 Å². The molecule has 0 bridgehead atoms. The van der Waals surface area contributed by atoms with Gasteiger partial charge in [0.2, 0.25) is 0 Å². The molecule has 1 unspecified atom stereocenters. The first-order chi connectivity index (χ1) is 17.9. The normalized spacial score (nSPS) is 13.5. The van der Waals surface area contributed by atoms with Gasteiger partial charge in [-0.3, -0.25) is 9.27 Å². The van der Waals surface area contributed by atoms with E-state index >= 15 is 0 Å². The number of rotatable bonds is 7. The number of benzene rings is 3. The van der Waals surface area contributed by atoms with Gasteiger partial charge < -0.3 is 9.26 Å². The fraction of sp³-hybridized carbons (Fsp3) is 0.148. The van der Waals surface area contributed by atoms with Crippen LogP contribution in [0.1, 0.15) is 41.2 Å². The van der Waals surface area contributed by atoms with Gasteiger partial charge in [0, 0.05) is 34.4 Å². The van der Waals surface area contributed by atoms with Crippen LogP contribution in [0, 0.1) is 11.8 Å². The van der Waals surface area contributed by atoms with Crippen LogP contribution in [0.4, 0.5) is 5.69 Å². The average Bonchev–Trinajstić information content (AvgIpc) is 3.62. The standard InChI is InChI=1S/C27H19Cl3N2O4S/c28-22-5-2-6-23(29)25(22)26-21(27(36-31-26)18-9-10-18)15-35-20-12-11-17(24(30)14-20)8-7-16-3-1-4-19(13-16)32-37(33)34/h1-6,11-14,18,32H,9-10,15H2,(H,33,34). The van der Waals surface area contributed by atoms with Gasteiger partial charge in [-0.1, -0.05) is 63.9 Å². The summed E-state index contributed by atoms with van der Waals surface area (Å²) in [5, 5.41) is 5.69. The predicted octanol–water partition coefficient (Wildman–Crippen LogP) is 7.71. The molecule has 0 amide bonds. The Labute approximate surface area is 231 Å². The lowest BCUT2D eigenvalue weighted by Crippen LogP contribution is -2.01. The fourth-order valence-electron chi connectivity index (χ4n) is 3.79. The minimum absolute atomic E-state index is 0.208. The Bertz CT molecular complexity index is 1540. The van der Waals surface area contributed by atoms with Crippen LogP contribution in [0.25, 0.3) is 11.3 Å². The number of nitrogens with zero attached hydrogens (tertiary/aromatic N) is 1. The quantitative estimate of drug-likeness (QED) is 0.175. The zero-order valence-electron chi connectivity index (χ0n) is 19.1. The Morgan fingerprint density at radius 2 is 1.78 bits per heavy atom. The van der Waals surface area contributed by atoms with Gasteiger partial charge in [0.15, 0.2) is 0 Å². The summed E-state index contributed by atoms with van der Waals surface area (Å²) in [6.45, 7) is 0.208. The van der Waals surface area contributed by atoms with Gasteiger partial charge in [0.25, 0.3) is 11.3 Å². The third kappa shape index (κ3) is 6.12. The van der Waals surface area contributed by atoms with Crippen LogP contribution in [0.5, 0.6) is 5.75 Å². The second-order valence-electron chi connectivity index (χ2n) is 8.36. The lowest BCUT2D eigenvalue weighted by atomic mass is 10.0. The van der Waals surface area contributed by atoms with Crippen molar-refractivity contribution in [2.75, 3.05) is 4.72 Å². The van der Waals surface area contributed by atoms with E-state index in [0.29, 0.717) is 54.8 Å². The summed E-state index contributed by atoms with van der Waals surface area (Å²) in [7, 11) is 0. The zero-order chi connectivity index (χ0) is 25.9. The van der Waals surface area contributed by atoms with Crippen molar-refractivity contribution in [2.24, 2.45) is 0 Å². The second-order valence-corrected chi connectivity index (χ2v) is 10.3. The molecular weight excluding hydrogens is 555 g/mol. The first-order valence-corrected chi connectivity index (χ1v) is 13.5. The molecular formula is C27H19Cl3N2O4S. The highest BCUT2D eigenvalue weighted by atomic mass is 35.5. The molecule has 3 aromatic carbocycles. The van der Waals surface area contributed by atoms with Crippen LogP contribution in [0.2, 0.25) is 15.1 Å². The van der Waals surface area contributed by atoms with E-state index < -0.39 is 11.3 Å². The van der Waals surface area contributed by atoms with Gasteiger partial charge in [-0.05, 0) is 55.3 Å². The van der Waals surface area contributed by atoms with Gasteiger partial charge in [-0.25, -0.2) is 4.21 Å². The van der Waals surface area contributed by atoms with Crippen molar-refractivity contribution in [3.05, 3.63) is 98.2 Å². The summed E-state index contributed by atoms with van der Waals surface area (Å²) in [4.78, 5) is 0. The number of hydrogen-bond acceptors (Lipinski definition) is 4. The molecule has 6 nitrogen and oxygen atoms in total. The summed E-state index contributed by atoms with van der Waals surface area (Å²) in [6.07, 6.45) is 2.07. The Balaban J connectivity index is 1.35. The van der Waals surface area contributed by atoms with Gasteiger partial charge in [-0.2, -0.15) is 0 Å². The summed E-state index contributed by atoms with van der Waals surface area (Å²) in [6, 6.07) is 17.4. The molecule has 0 spiro atoms. The predicted molar refractivity (Wildman–Crippen MR) is 147 cm³/mol. The Morgan fingerprint density at radius 1 is 1.03 bits per heavy atom. The van der Waals surface area contributed by atoms with E-state index in [2.05, 4.69) is 21.7 Å². The highest BCUT2D eigenvalue weighted by Gasteiger charge is 2.33. The molecule has 5 rings (SSSR count). The van der Waals surface area contributed by atoms with E-state index in [9.17, 15) is 4.21 Å². The number of ether oxygens (including phenoxy) is 1. The van der Waals surface area contributed by atoms with E-state index in [4.69, 9.17) is 48.6 Å². The van der Waals surface area contributed by atoms with Crippen molar-refractivity contribution in [1.29, 1.82) is 0 Å². The molecule has 37 heavy (non-hydrogen) atoms. The van der Waals surface area contributed by atoms with Crippen molar-refractivity contribution < 1.29 is 18.0 Å². The van der Waals surface area contributed by atoms with Crippen molar-refractivity contribution in [3.63, 3.8) is 0 Å². The molecule has 0 radical (unpaired) electrons. The molecule has 10 heteroatoms. The summed E-state index contributed by atoms with van der Waals surface area (Å²) in [5.41, 5.74) is 3.78. The van der Waals surface area contributed by atoms with E-state index in [1.807, 2.05) is 0 Å². The third-order valence-electron chi connectivity index (χ3n) is 5.70. The first kappa shape index (κ1) is 25.7. The monoisotopic (exact) mass is 572 g/mol. The van der Waals surface area contributed by atoms with E-state index in [1.54, 1.807) is 60.7 Å². The summed E-state index contributed by atoms with van der Waals surface area (Å²) in [5.74, 6) is 7.70. The molecule has 4 aromatic rings. The number of halogens is 3. The minimum atomic E-state index is -2.16. The number of anilines is 1. The first-order valence-electron chi connectivity index (χ1n) is 11.2. The maximum absolute atomic E-state index is 11.0. The molecule has 1 aliphatic rings. The fourth-order valence-corrected chi connectivity index (χ4v) is 4.91. The van der Waals surface area contributed by atoms with E-state index in [1.165, 1.54) is 0 Å². The summed E-state index contributed by atoms with van der Waals surface area (Å²) < 4.78 is 34.1. The van der Waals surface area contributed by atoms with Crippen LogP contribution in [0.3, 0.4) is 0 Å². The number of hydrogen-bond donors (Lipinski definition) is 2. The van der Waals surface area contributed by atoms with Crippen LogP contribution in [-0.2, 0) is 17.9 Å². The Kier molecular flexibility index (Phi) is 7.75.